The van der Waals surface area contributed by atoms with Gasteiger partial charge in [0, 0.05) is 25.1 Å². The lowest BCUT2D eigenvalue weighted by molar-refractivity contribution is -0.126. The molecule has 1 fully saturated rings. The number of nitrogens with one attached hydrogen (secondary N) is 1. The predicted molar refractivity (Wildman–Crippen MR) is 85.7 cm³/mol. The molecule has 124 valence electrons. The Morgan fingerprint density at radius 1 is 1.59 bits per heavy atom. The summed E-state index contributed by atoms with van der Waals surface area (Å²) < 4.78 is 5.09. The molecule has 2 rings (SSSR count). The van der Waals surface area contributed by atoms with Crippen molar-refractivity contribution >= 4 is 17.2 Å². The highest BCUT2D eigenvalue weighted by Crippen LogP contribution is 2.20. The number of methoxy groups -OCH3 is 1. The van der Waals surface area contributed by atoms with Crippen LogP contribution in [0, 0.1) is 12.8 Å². The van der Waals surface area contributed by atoms with Gasteiger partial charge in [0.25, 0.3) is 0 Å². The number of aromatic nitrogens is 1. The summed E-state index contributed by atoms with van der Waals surface area (Å²) in [6, 6.07) is 0. The van der Waals surface area contributed by atoms with E-state index in [1.807, 2.05) is 6.92 Å². The fraction of sp³-hybridized carbons (Fsp3) is 0.733. The van der Waals surface area contributed by atoms with E-state index < -0.39 is 0 Å². The van der Waals surface area contributed by atoms with Crippen LogP contribution in [0.3, 0.4) is 0 Å². The fourth-order valence-electron chi connectivity index (χ4n) is 2.76. The van der Waals surface area contributed by atoms with Gasteiger partial charge in [0.2, 0.25) is 5.91 Å². The van der Waals surface area contributed by atoms with Crippen molar-refractivity contribution in [3.8, 4) is 0 Å². The smallest absolute Gasteiger partial charge is 0.224 e. The van der Waals surface area contributed by atoms with E-state index in [1.54, 1.807) is 18.4 Å². The molecule has 0 saturated carbocycles. The number of piperidine rings is 1. The zero-order valence-corrected chi connectivity index (χ0v) is 14.1. The van der Waals surface area contributed by atoms with E-state index in [2.05, 4.69) is 15.2 Å². The number of β-amino-alcohol motifs (C(OH)–C–C–N with tert-alkyl or cyclic N) is 1. The Morgan fingerprint density at radius 2 is 2.41 bits per heavy atom. The number of nitrogens with zero attached hydrogens (tertiary/aromatic N) is 2. The second-order valence-corrected chi connectivity index (χ2v) is 6.80. The minimum Gasteiger partial charge on any atom is -0.395 e. The number of ether oxygens (including phenoxy) is 1. The number of likely N-dealkylation sites (tertiary alicyclic amines) is 1. The van der Waals surface area contributed by atoms with Gasteiger partial charge in [0.1, 0.15) is 5.01 Å². The van der Waals surface area contributed by atoms with Crippen LogP contribution < -0.4 is 5.32 Å². The maximum Gasteiger partial charge on any atom is 0.224 e. The minimum absolute atomic E-state index is 0.0203. The summed E-state index contributed by atoms with van der Waals surface area (Å²) in [7, 11) is 1.65. The van der Waals surface area contributed by atoms with E-state index in [1.165, 1.54) is 0 Å². The highest BCUT2D eigenvalue weighted by Gasteiger charge is 2.25. The first-order valence-electron chi connectivity index (χ1n) is 7.69. The zero-order chi connectivity index (χ0) is 15.9. The van der Waals surface area contributed by atoms with Crippen LogP contribution in [-0.4, -0.2) is 54.2 Å². The molecule has 0 aliphatic carbocycles. The largest absolute Gasteiger partial charge is 0.395 e. The molecule has 7 heteroatoms. The van der Waals surface area contributed by atoms with Crippen LogP contribution in [0.2, 0.25) is 0 Å². The molecule has 1 atom stereocenters. The van der Waals surface area contributed by atoms with Crippen molar-refractivity contribution in [1.82, 2.24) is 15.2 Å². The summed E-state index contributed by atoms with van der Waals surface area (Å²) >= 11 is 1.59. The van der Waals surface area contributed by atoms with Gasteiger partial charge in [-0.2, -0.15) is 0 Å². The van der Waals surface area contributed by atoms with Crippen LogP contribution >= 0.6 is 11.3 Å². The monoisotopic (exact) mass is 327 g/mol. The molecule has 0 spiro atoms. The fourth-order valence-corrected chi connectivity index (χ4v) is 3.74. The van der Waals surface area contributed by atoms with Crippen LogP contribution in [0.15, 0.2) is 0 Å². The highest BCUT2D eigenvalue weighted by atomic mass is 32.1. The number of amides is 1. The van der Waals surface area contributed by atoms with Gasteiger partial charge in [0.05, 0.1) is 31.4 Å². The molecule has 1 aliphatic heterocycles. The maximum atomic E-state index is 12.3. The third-order valence-corrected chi connectivity index (χ3v) is 5.05. The molecule has 22 heavy (non-hydrogen) atoms. The SMILES string of the molecule is COCc1nc(C)c(CNC(=O)[C@@H]2CCCN(CCO)C2)s1. The van der Waals surface area contributed by atoms with Gasteiger partial charge in [0.15, 0.2) is 0 Å². The summed E-state index contributed by atoms with van der Waals surface area (Å²) in [5, 5.41) is 13.0. The summed E-state index contributed by atoms with van der Waals surface area (Å²) in [6.45, 7) is 5.51. The van der Waals surface area contributed by atoms with Gasteiger partial charge >= 0.3 is 0 Å². The summed E-state index contributed by atoms with van der Waals surface area (Å²) in [6.07, 6.45) is 1.93. The van der Waals surface area contributed by atoms with Crippen LogP contribution in [0.25, 0.3) is 0 Å². The zero-order valence-electron chi connectivity index (χ0n) is 13.3. The second-order valence-electron chi connectivity index (χ2n) is 5.63. The van der Waals surface area contributed by atoms with Gasteiger partial charge in [-0.05, 0) is 26.3 Å². The summed E-state index contributed by atoms with van der Waals surface area (Å²) in [4.78, 5) is 20.0. The van der Waals surface area contributed by atoms with E-state index >= 15 is 0 Å². The number of aryl methyl sites for hydroxylation is 1. The number of carbonyl (C=O) groups is 1. The number of thiazole rings is 1. The topological polar surface area (TPSA) is 74.7 Å². The third kappa shape index (κ3) is 4.74. The molecular weight excluding hydrogens is 302 g/mol. The molecule has 1 amide bonds. The van der Waals surface area contributed by atoms with Gasteiger partial charge in [-0.3, -0.25) is 4.79 Å². The first kappa shape index (κ1) is 17.3. The molecule has 2 heterocycles. The molecule has 0 aromatic carbocycles. The molecule has 0 unspecified atom stereocenters. The molecule has 1 saturated heterocycles. The van der Waals surface area contributed by atoms with Gasteiger partial charge in [-0.25, -0.2) is 4.98 Å². The first-order chi connectivity index (χ1) is 10.6. The van der Waals surface area contributed by atoms with Gasteiger partial charge in [-0.15, -0.1) is 11.3 Å². The lowest BCUT2D eigenvalue weighted by Gasteiger charge is -2.31. The van der Waals surface area contributed by atoms with E-state index in [9.17, 15) is 4.79 Å². The average molecular weight is 327 g/mol. The molecule has 0 radical (unpaired) electrons. The van der Waals surface area contributed by atoms with Crippen LogP contribution in [0.4, 0.5) is 0 Å². The Balaban J connectivity index is 1.84. The standard InChI is InChI=1S/C15H25N3O3S/c1-11-13(22-14(17-11)10-21-2)8-16-15(20)12-4-3-5-18(9-12)6-7-19/h12,19H,3-10H2,1-2H3,(H,16,20)/t12-/m1/s1. The molecule has 2 N–H and O–H groups in total. The highest BCUT2D eigenvalue weighted by molar-refractivity contribution is 7.11. The van der Waals surface area contributed by atoms with Gasteiger partial charge < -0.3 is 20.1 Å². The molecule has 1 aromatic heterocycles. The Labute approximate surface area is 135 Å². The van der Waals surface area contributed by atoms with Gasteiger partial charge in [-0.1, -0.05) is 0 Å². The number of hydrogen-bond acceptors (Lipinski definition) is 6. The average Bonchev–Trinajstić information content (AvgIpc) is 2.86. The maximum absolute atomic E-state index is 12.3. The first-order valence-corrected chi connectivity index (χ1v) is 8.50. The molecule has 1 aliphatic rings. The summed E-state index contributed by atoms with van der Waals surface area (Å²) in [5.41, 5.74) is 0.961. The Kier molecular flexibility index (Phi) is 6.75. The van der Waals surface area contributed by atoms with E-state index in [-0.39, 0.29) is 18.4 Å². The van der Waals surface area contributed by atoms with Crippen LogP contribution in [0.1, 0.15) is 28.4 Å². The van der Waals surface area contributed by atoms with E-state index in [0.717, 1.165) is 41.5 Å². The third-order valence-electron chi connectivity index (χ3n) is 3.92. The number of aliphatic hydroxyl groups is 1. The molecular formula is C15H25N3O3S. The normalized spacial score (nSPS) is 19.3. The Morgan fingerprint density at radius 3 is 3.14 bits per heavy atom. The van der Waals surface area contributed by atoms with Crippen molar-refractivity contribution in [2.75, 3.05) is 33.4 Å². The predicted octanol–water partition coefficient (Wildman–Crippen LogP) is 0.918. The number of rotatable bonds is 7. The van der Waals surface area contributed by atoms with Crippen LogP contribution in [0.5, 0.6) is 0 Å². The van der Waals surface area contributed by atoms with Crippen molar-refractivity contribution in [1.29, 1.82) is 0 Å². The second kappa shape index (κ2) is 8.57. The van der Waals surface area contributed by atoms with Crippen molar-refractivity contribution in [3.63, 3.8) is 0 Å². The minimum atomic E-state index is 0.0203. The number of aliphatic hydroxyl groups excluding tert-OH is 1. The molecule has 1 aromatic rings. The Hall–Kier alpha value is -1.02. The van der Waals surface area contributed by atoms with E-state index in [4.69, 9.17) is 9.84 Å². The Bertz CT molecular complexity index is 490. The molecule has 6 nitrogen and oxygen atoms in total. The molecule has 0 bridgehead atoms. The number of carbonyl (C=O) groups excluding carboxylic acids is 1. The van der Waals surface area contributed by atoms with Crippen molar-refractivity contribution < 1.29 is 14.6 Å². The van der Waals surface area contributed by atoms with Crippen LogP contribution in [-0.2, 0) is 22.7 Å². The number of hydrogen-bond donors (Lipinski definition) is 2. The summed E-state index contributed by atoms with van der Waals surface area (Å²) in [5.74, 6) is 0.121. The van der Waals surface area contributed by atoms with E-state index in [0.29, 0.717) is 19.7 Å². The van der Waals surface area contributed by atoms with Crippen molar-refractivity contribution in [2.45, 2.75) is 32.9 Å². The van der Waals surface area contributed by atoms with Crippen molar-refractivity contribution in [2.24, 2.45) is 5.92 Å². The van der Waals surface area contributed by atoms with Crippen molar-refractivity contribution in [3.05, 3.63) is 15.6 Å². The lowest BCUT2D eigenvalue weighted by atomic mass is 9.97. The quantitative estimate of drug-likeness (QED) is 0.779. The lowest BCUT2D eigenvalue weighted by Crippen LogP contribution is -2.43.